The van der Waals surface area contributed by atoms with Crippen molar-refractivity contribution in [1.82, 2.24) is 9.97 Å². The Morgan fingerprint density at radius 1 is 1.00 bits per heavy atom. The fraction of sp³-hybridized carbons (Fsp3) is 0.370. The molecule has 0 saturated heterocycles. The van der Waals surface area contributed by atoms with Crippen LogP contribution in [0.25, 0.3) is 11.3 Å². The molecule has 0 radical (unpaired) electrons. The molecule has 5 rings (SSSR count). The zero-order chi connectivity index (χ0) is 22.8. The monoisotopic (exact) mass is 442 g/mol. The lowest BCUT2D eigenvalue weighted by atomic mass is 9.95. The summed E-state index contributed by atoms with van der Waals surface area (Å²) < 4.78 is 5.92. The van der Waals surface area contributed by atoms with Crippen LogP contribution in [0, 0.1) is 13.8 Å². The molecule has 0 bridgehead atoms. The van der Waals surface area contributed by atoms with Crippen molar-refractivity contribution in [1.29, 1.82) is 0 Å². The number of nitrogens with zero attached hydrogens (tertiary/aromatic N) is 3. The Bertz CT molecular complexity index is 1150. The number of amides is 2. The van der Waals surface area contributed by atoms with Crippen LogP contribution in [-0.4, -0.2) is 29.2 Å². The molecule has 2 amide bonds. The summed E-state index contributed by atoms with van der Waals surface area (Å²) >= 11 is 0. The van der Waals surface area contributed by atoms with Crippen LogP contribution in [0.2, 0.25) is 0 Å². The van der Waals surface area contributed by atoms with Crippen LogP contribution < -0.4 is 15.0 Å². The van der Waals surface area contributed by atoms with Crippen LogP contribution in [0.3, 0.4) is 0 Å². The predicted molar refractivity (Wildman–Crippen MR) is 131 cm³/mol. The molecule has 1 aromatic carbocycles. The molecule has 33 heavy (non-hydrogen) atoms. The first-order chi connectivity index (χ1) is 16.1. The van der Waals surface area contributed by atoms with E-state index in [1.165, 1.54) is 31.2 Å². The lowest BCUT2D eigenvalue weighted by molar-refractivity contribution is 0.256. The van der Waals surface area contributed by atoms with E-state index in [2.05, 4.69) is 34.6 Å². The van der Waals surface area contributed by atoms with Gasteiger partial charge in [0.1, 0.15) is 0 Å². The minimum absolute atomic E-state index is 0.212. The van der Waals surface area contributed by atoms with E-state index in [4.69, 9.17) is 9.72 Å². The number of carbonyl (C=O) groups excluding carboxylic acids is 1. The number of aryl methyl sites for hydroxylation is 2. The number of ether oxygens (including phenoxy) is 1. The fourth-order valence-corrected chi connectivity index (χ4v) is 4.92. The topological polar surface area (TPSA) is 67.4 Å². The van der Waals surface area contributed by atoms with Crippen LogP contribution in [0.1, 0.15) is 55.0 Å². The average molecular weight is 443 g/mol. The molecule has 1 fully saturated rings. The number of benzene rings is 1. The van der Waals surface area contributed by atoms with Crippen molar-refractivity contribution >= 4 is 17.5 Å². The number of hydrogen-bond acceptors (Lipinski definition) is 4. The largest absolute Gasteiger partial charge is 0.490 e. The minimum atomic E-state index is -0.212. The molecule has 2 aromatic heterocycles. The number of fused-ring (bicyclic) bond motifs is 1. The number of rotatable bonds is 3. The van der Waals surface area contributed by atoms with Crippen LogP contribution in [-0.2, 0) is 0 Å². The van der Waals surface area contributed by atoms with Gasteiger partial charge in [0.2, 0.25) is 0 Å². The van der Waals surface area contributed by atoms with E-state index in [9.17, 15) is 4.79 Å². The van der Waals surface area contributed by atoms with Crippen molar-refractivity contribution in [2.24, 2.45) is 0 Å². The summed E-state index contributed by atoms with van der Waals surface area (Å²) in [6.45, 7) is 4.94. The van der Waals surface area contributed by atoms with Gasteiger partial charge in [-0.25, -0.2) is 9.78 Å². The fourth-order valence-electron chi connectivity index (χ4n) is 4.92. The van der Waals surface area contributed by atoms with E-state index in [1.807, 2.05) is 38.1 Å². The Balaban J connectivity index is 1.46. The highest BCUT2D eigenvalue weighted by Gasteiger charge is 2.25. The van der Waals surface area contributed by atoms with E-state index in [0.717, 1.165) is 34.8 Å². The molecule has 6 heteroatoms. The number of aromatic nitrogens is 2. The van der Waals surface area contributed by atoms with Crippen LogP contribution in [0.5, 0.6) is 5.75 Å². The summed E-state index contributed by atoms with van der Waals surface area (Å²) in [6.07, 6.45) is 5.88. The molecule has 6 nitrogen and oxygen atoms in total. The second-order valence-electron chi connectivity index (χ2n) is 9.05. The second kappa shape index (κ2) is 9.22. The van der Waals surface area contributed by atoms with Crippen LogP contribution in [0.15, 0.2) is 48.5 Å². The summed E-state index contributed by atoms with van der Waals surface area (Å²) in [5.41, 5.74) is 5.78. The standard InChI is InChI=1S/C27H30N4O2/c1-18-15-23(16-19(2)28-18)29-27(32)31-13-6-14-33-25-12-11-24(30-26(25)31)22-10-5-9-21(17-22)20-7-3-4-8-20/h5,9-12,15-17,20H,3-4,6-8,13-14H2,1-2H3,(H,28,29,32). The van der Waals surface area contributed by atoms with Gasteiger partial charge in [-0.15, -0.1) is 0 Å². The molecular formula is C27H30N4O2. The zero-order valence-electron chi connectivity index (χ0n) is 19.3. The molecule has 3 heterocycles. The summed E-state index contributed by atoms with van der Waals surface area (Å²) in [7, 11) is 0. The van der Waals surface area contributed by atoms with Gasteiger partial charge in [-0.3, -0.25) is 9.88 Å². The van der Waals surface area contributed by atoms with Crippen molar-refractivity contribution in [2.75, 3.05) is 23.4 Å². The van der Waals surface area contributed by atoms with Crippen LogP contribution >= 0.6 is 0 Å². The van der Waals surface area contributed by atoms with Crippen molar-refractivity contribution in [3.8, 4) is 17.0 Å². The smallest absolute Gasteiger partial charge is 0.327 e. The molecule has 0 spiro atoms. The van der Waals surface area contributed by atoms with Gasteiger partial charge < -0.3 is 10.1 Å². The van der Waals surface area contributed by atoms with E-state index < -0.39 is 0 Å². The van der Waals surface area contributed by atoms with E-state index in [1.54, 1.807) is 4.90 Å². The first-order valence-corrected chi connectivity index (χ1v) is 11.8. The molecule has 2 aliphatic rings. The number of anilines is 2. The third kappa shape index (κ3) is 4.70. The first-order valence-electron chi connectivity index (χ1n) is 11.8. The van der Waals surface area contributed by atoms with Gasteiger partial charge in [0.05, 0.1) is 12.3 Å². The lowest BCUT2D eigenvalue weighted by Crippen LogP contribution is -2.36. The van der Waals surface area contributed by atoms with Gasteiger partial charge in [0.25, 0.3) is 0 Å². The van der Waals surface area contributed by atoms with Gasteiger partial charge in [0, 0.05) is 29.2 Å². The molecule has 0 atom stereocenters. The summed E-state index contributed by atoms with van der Waals surface area (Å²) in [5.74, 6) is 1.85. The second-order valence-corrected chi connectivity index (χ2v) is 9.05. The lowest BCUT2D eigenvalue weighted by Gasteiger charge is -2.22. The summed E-state index contributed by atoms with van der Waals surface area (Å²) in [4.78, 5) is 24.3. The Labute approximate surface area is 195 Å². The SMILES string of the molecule is Cc1cc(NC(=O)N2CCCOc3ccc(-c4cccc(C5CCCC5)c4)nc32)cc(C)n1. The molecule has 1 saturated carbocycles. The number of urea groups is 1. The predicted octanol–water partition coefficient (Wildman–Crippen LogP) is 6.24. The number of nitrogens with one attached hydrogen (secondary N) is 1. The Hall–Kier alpha value is -3.41. The average Bonchev–Trinajstić information content (AvgIpc) is 3.25. The van der Waals surface area contributed by atoms with Crippen molar-refractivity contribution in [3.05, 3.63) is 65.5 Å². The van der Waals surface area contributed by atoms with Gasteiger partial charge in [-0.1, -0.05) is 31.0 Å². The Morgan fingerprint density at radius 2 is 1.79 bits per heavy atom. The van der Waals surface area contributed by atoms with Crippen molar-refractivity contribution in [2.45, 2.75) is 51.9 Å². The molecule has 1 aliphatic heterocycles. The summed E-state index contributed by atoms with van der Waals surface area (Å²) in [5, 5.41) is 3.02. The molecule has 1 N–H and O–H groups in total. The van der Waals surface area contributed by atoms with Crippen molar-refractivity contribution in [3.63, 3.8) is 0 Å². The highest BCUT2D eigenvalue weighted by atomic mass is 16.5. The summed E-state index contributed by atoms with van der Waals surface area (Å²) in [6, 6.07) is 16.2. The van der Waals surface area contributed by atoms with Crippen LogP contribution in [0.4, 0.5) is 16.3 Å². The van der Waals surface area contributed by atoms with E-state index >= 15 is 0 Å². The number of hydrogen-bond donors (Lipinski definition) is 1. The van der Waals surface area contributed by atoms with Gasteiger partial charge >= 0.3 is 6.03 Å². The van der Waals surface area contributed by atoms with Gasteiger partial charge in [-0.2, -0.15) is 0 Å². The van der Waals surface area contributed by atoms with Crippen molar-refractivity contribution < 1.29 is 9.53 Å². The van der Waals surface area contributed by atoms with Gasteiger partial charge in [-0.05, 0) is 74.9 Å². The normalized spacial score (nSPS) is 16.1. The highest BCUT2D eigenvalue weighted by Crippen LogP contribution is 2.37. The van der Waals surface area contributed by atoms with E-state index in [0.29, 0.717) is 30.6 Å². The van der Waals surface area contributed by atoms with Gasteiger partial charge in [0.15, 0.2) is 11.6 Å². The Kier molecular flexibility index (Phi) is 5.99. The van der Waals surface area contributed by atoms with E-state index in [-0.39, 0.29) is 6.03 Å². The third-order valence-corrected chi connectivity index (χ3v) is 6.47. The highest BCUT2D eigenvalue weighted by molar-refractivity contribution is 6.02. The molecule has 170 valence electrons. The number of carbonyl (C=O) groups is 1. The minimum Gasteiger partial charge on any atom is -0.490 e. The molecule has 1 aliphatic carbocycles. The third-order valence-electron chi connectivity index (χ3n) is 6.47. The quantitative estimate of drug-likeness (QED) is 0.521. The molecule has 0 unspecified atom stereocenters. The zero-order valence-corrected chi connectivity index (χ0v) is 19.3. The number of pyridine rings is 2. The molecular weight excluding hydrogens is 412 g/mol. The Morgan fingerprint density at radius 3 is 2.58 bits per heavy atom. The maximum Gasteiger partial charge on any atom is 0.327 e. The maximum absolute atomic E-state index is 13.3. The maximum atomic E-state index is 13.3. The first kappa shape index (κ1) is 21.4. The molecule has 3 aromatic rings.